The first-order valence-electron chi connectivity index (χ1n) is 6.40. The molecule has 1 rings (SSSR count). The summed E-state index contributed by atoms with van der Waals surface area (Å²) in [6, 6.07) is 5.04. The van der Waals surface area contributed by atoms with Gasteiger partial charge in [0.05, 0.1) is 0 Å². The van der Waals surface area contributed by atoms with E-state index >= 15 is 0 Å². The van der Waals surface area contributed by atoms with Gasteiger partial charge in [0.1, 0.15) is 0 Å². The lowest BCUT2D eigenvalue weighted by Crippen LogP contribution is -2.37. The number of carboxylic acids is 1. The molecule has 0 aliphatic rings. The highest BCUT2D eigenvalue weighted by atomic mass is 79.9. The van der Waals surface area contributed by atoms with Crippen LogP contribution in [-0.4, -0.2) is 34.5 Å². The summed E-state index contributed by atoms with van der Waals surface area (Å²) in [4.78, 5) is 24.7. The number of aliphatic carboxylic acids is 1. The number of hydrogen-bond acceptors (Lipinski definition) is 3. The van der Waals surface area contributed by atoms with Gasteiger partial charge >= 0.3 is 5.97 Å². The molecule has 0 aliphatic carbocycles. The molecule has 0 atom stereocenters. The maximum Gasteiger partial charge on any atom is 0.303 e. The Labute approximate surface area is 126 Å². The highest BCUT2D eigenvalue weighted by molar-refractivity contribution is 9.10. The fourth-order valence-electron chi connectivity index (χ4n) is 1.82. The summed E-state index contributed by atoms with van der Waals surface area (Å²) in [7, 11) is 0. The van der Waals surface area contributed by atoms with Gasteiger partial charge < -0.3 is 15.7 Å². The summed E-state index contributed by atoms with van der Waals surface area (Å²) >= 11 is 3.30. The summed E-state index contributed by atoms with van der Waals surface area (Å²) in [6.07, 6.45) is 0.497. The zero-order valence-corrected chi connectivity index (χ0v) is 13.2. The van der Waals surface area contributed by atoms with Crippen LogP contribution in [0, 0.1) is 0 Å². The summed E-state index contributed by atoms with van der Waals surface area (Å²) in [5.41, 5.74) is 6.81. The van der Waals surface area contributed by atoms with E-state index in [1.165, 1.54) is 0 Å². The third-order valence-corrected chi connectivity index (χ3v) is 3.61. The van der Waals surface area contributed by atoms with E-state index in [1.807, 2.05) is 13.8 Å². The molecule has 0 bridgehead atoms. The predicted octanol–water partition coefficient (Wildman–Crippen LogP) is 2.75. The first-order valence-corrected chi connectivity index (χ1v) is 7.20. The lowest BCUT2D eigenvalue weighted by atomic mass is 10.1. The number of nitrogen functional groups attached to an aromatic ring is 1. The predicted molar refractivity (Wildman–Crippen MR) is 81.6 cm³/mol. The molecule has 0 saturated carbocycles. The third kappa shape index (κ3) is 4.52. The van der Waals surface area contributed by atoms with Crippen molar-refractivity contribution in [2.75, 3.05) is 12.3 Å². The van der Waals surface area contributed by atoms with Crippen LogP contribution in [0.2, 0.25) is 0 Å². The van der Waals surface area contributed by atoms with Crippen LogP contribution in [0.5, 0.6) is 0 Å². The molecule has 20 heavy (non-hydrogen) atoms. The van der Waals surface area contributed by atoms with Gasteiger partial charge in [-0.1, -0.05) is 0 Å². The molecule has 0 fully saturated rings. The fraction of sp³-hybridized carbons (Fsp3) is 0.429. The SMILES string of the molecule is CC(C)N(CCCC(=O)O)C(=O)c1ccc(N)c(Br)c1. The zero-order chi connectivity index (χ0) is 15.3. The number of nitrogens with zero attached hydrogens (tertiary/aromatic N) is 1. The van der Waals surface area contributed by atoms with Crippen molar-refractivity contribution < 1.29 is 14.7 Å². The minimum Gasteiger partial charge on any atom is -0.481 e. The number of carboxylic acid groups (broad SMARTS) is 1. The van der Waals surface area contributed by atoms with Crippen LogP contribution in [0.4, 0.5) is 5.69 Å². The summed E-state index contributed by atoms with van der Waals surface area (Å²) < 4.78 is 0.678. The number of carbonyl (C=O) groups is 2. The van der Waals surface area contributed by atoms with Gasteiger partial charge in [-0.3, -0.25) is 9.59 Å². The molecular weight excluding hydrogens is 324 g/mol. The van der Waals surface area contributed by atoms with Crippen LogP contribution in [-0.2, 0) is 4.79 Å². The molecule has 1 amide bonds. The Morgan fingerprint density at radius 1 is 1.40 bits per heavy atom. The molecule has 3 N–H and O–H groups in total. The first kappa shape index (κ1) is 16.5. The quantitative estimate of drug-likeness (QED) is 0.778. The second-order valence-corrected chi connectivity index (χ2v) is 5.68. The number of benzene rings is 1. The highest BCUT2D eigenvalue weighted by Gasteiger charge is 2.19. The van der Waals surface area contributed by atoms with Gasteiger partial charge in [0.15, 0.2) is 0 Å². The van der Waals surface area contributed by atoms with E-state index in [0.29, 0.717) is 28.7 Å². The molecule has 0 spiro atoms. The van der Waals surface area contributed by atoms with Crippen molar-refractivity contribution in [2.24, 2.45) is 0 Å². The minimum atomic E-state index is -0.851. The highest BCUT2D eigenvalue weighted by Crippen LogP contribution is 2.22. The van der Waals surface area contributed by atoms with E-state index in [4.69, 9.17) is 10.8 Å². The van der Waals surface area contributed by atoms with Gasteiger partial charge in [-0.15, -0.1) is 0 Å². The van der Waals surface area contributed by atoms with Crippen LogP contribution < -0.4 is 5.73 Å². The van der Waals surface area contributed by atoms with Gasteiger partial charge in [-0.05, 0) is 54.4 Å². The van der Waals surface area contributed by atoms with Crippen molar-refractivity contribution in [3.8, 4) is 0 Å². The van der Waals surface area contributed by atoms with Crippen molar-refractivity contribution in [2.45, 2.75) is 32.7 Å². The van der Waals surface area contributed by atoms with E-state index in [9.17, 15) is 9.59 Å². The van der Waals surface area contributed by atoms with Gasteiger partial charge in [0, 0.05) is 34.7 Å². The van der Waals surface area contributed by atoms with Gasteiger partial charge in [-0.25, -0.2) is 0 Å². The van der Waals surface area contributed by atoms with Gasteiger partial charge in [0.2, 0.25) is 0 Å². The molecule has 0 saturated heterocycles. The maximum absolute atomic E-state index is 12.4. The first-order chi connectivity index (χ1) is 9.32. The standard InChI is InChI=1S/C14H19BrN2O3/c1-9(2)17(7-3-4-13(18)19)14(20)10-5-6-12(16)11(15)8-10/h5-6,8-9H,3-4,7,16H2,1-2H3,(H,18,19). The van der Waals surface area contributed by atoms with Crippen molar-refractivity contribution in [3.63, 3.8) is 0 Å². The van der Waals surface area contributed by atoms with E-state index in [-0.39, 0.29) is 18.4 Å². The number of hydrogen-bond donors (Lipinski definition) is 2. The second kappa shape index (κ2) is 7.28. The lowest BCUT2D eigenvalue weighted by molar-refractivity contribution is -0.137. The molecule has 1 aromatic rings. The van der Waals surface area contributed by atoms with Crippen molar-refractivity contribution in [1.29, 1.82) is 0 Å². The Morgan fingerprint density at radius 2 is 2.05 bits per heavy atom. The van der Waals surface area contributed by atoms with E-state index in [0.717, 1.165) is 0 Å². The van der Waals surface area contributed by atoms with E-state index in [2.05, 4.69) is 15.9 Å². The smallest absolute Gasteiger partial charge is 0.303 e. The molecule has 0 radical (unpaired) electrons. The molecule has 1 aromatic carbocycles. The molecule has 0 heterocycles. The number of anilines is 1. The van der Waals surface area contributed by atoms with Gasteiger partial charge in [-0.2, -0.15) is 0 Å². The molecule has 0 unspecified atom stereocenters. The van der Waals surface area contributed by atoms with E-state index in [1.54, 1.807) is 23.1 Å². The normalized spacial score (nSPS) is 10.6. The summed E-state index contributed by atoms with van der Waals surface area (Å²) in [6.45, 7) is 4.24. The summed E-state index contributed by atoms with van der Waals surface area (Å²) in [5, 5.41) is 8.66. The number of halogens is 1. The number of rotatable bonds is 6. The van der Waals surface area contributed by atoms with Crippen LogP contribution >= 0.6 is 15.9 Å². The topological polar surface area (TPSA) is 83.6 Å². The van der Waals surface area contributed by atoms with Crippen LogP contribution in [0.3, 0.4) is 0 Å². The van der Waals surface area contributed by atoms with Crippen molar-refractivity contribution >= 4 is 33.5 Å². The molecule has 5 nitrogen and oxygen atoms in total. The number of carbonyl (C=O) groups excluding carboxylic acids is 1. The van der Waals surface area contributed by atoms with Crippen molar-refractivity contribution in [3.05, 3.63) is 28.2 Å². The molecule has 0 aromatic heterocycles. The largest absolute Gasteiger partial charge is 0.481 e. The maximum atomic E-state index is 12.4. The Balaban J connectivity index is 2.82. The Bertz CT molecular complexity index is 503. The fourth-order valence-corrected chi connectivity index (χ4v) is 2.20. The molecule has 110 valence electrons. The monoisotopic (exact) mass is 342 g/mol. The third-order valence-electron chi connectivity index (χ3n) is 2.92. The average Bonchev–Trinajstić information content (AvgIpc) is 2.36. The number of amides is 1. The molecule has 6 heteroatoms. The number of nitrogens with two attached hydrogens (primary N) is 1. The van der Waals surface area contributed by atoms with Crippen LogP contribution in [0.25, 0.3) is 0 Å². The van der Waals surface area contributed by atoms with Crippen LogP contribution in [0.1, 0.15) is 37.0 Å². The Kier molecular flexibility index (Phi) is 6.01. The van der Waals surface area contributed by atoms with E-state index < -0.39 is 5.97 Å². The summed E-state index contributed by atoms with van der Waals surface area (Å²) in [5.74, 6) is -0.970. The zero-order valence-electron chi connectivity index (χ0n) is 11.6. The molecular formula is C14H19BrN2O3. The second-order valence-electron chi connectivity index (χ2n) is 4.83. The lowest BCUT2D eigenvalue weighted by Gasteiger charge is -2.27. The van der Waals surface area contributed by atoms with Crippen LogP contribution in [0.15, 0.2) is 22.7 Å². The van der Waals surface area contributed by atoms with Crippen molar-refractivity contribution in [1.82, 2.24) is 4.90 Å². The Hall–Kier alpha value is -1.56. The average molecular weight is 343 g/mol. The van der Waals surface area contributed by atoms with Gasteiger partial charge in [0.25, 0.3) is 5.91 Å². The molecule has 0 aliphatic heterocycles. The Morgan fingerprint density at radius 3 is 2.55 bits per heavy atom. The minimum absolute atomic E-state index is 0.00706.